The fourth-order valence-electron chi connectivity index (χ4n) is 1.99. The van der Waals surface area contributed by atoms with E-state index >= 15 is 0 Å². The molecule has 0 aliphatic rings. The van der Waals surface area contributed by atoms with Gasteiger partial charge < -0.3 is 10.0 Å². The second kappa shape index (κ2) is 5.57. The lowest BCUT2D eigenvalue weighted by molar-refractivity contribution is 0.0697. The number of aromatic carboxylic acids is 1. The van der Waals surface area contributed by atoms with Crippen LogP contribution >= 0.6 is 0 Å². The highest BCUT2D eigenvalue weighted by Gasteiger charge is 2.06. The van der Waals surface area contributed by atoms with Gasteiger partial charge >= 0.3 is 5.97 Å². The maximum atomic E-state index is 10.8. The molecule has 3 nitrogen and oxygen atoms in total. The summed E-state index contributed by atoms with van der Waals surface area (Å²) < 4.78 is 0. The summed E-state index contributed by atoms with van der Waals surface area (Å²) in [6.07, 6.45) is 0. The number of carboxylic acid groups (broad SMARTS) is 1. The highest BCUT2D eigenvalue weighted by atomic mass is 16.4. The minimum atomic E-state index is -0.895. The monoisotopic (exact) mass is 255 g/mol. The van der Waals surface area contributed by atoms with E-state index in [1.54, 1.807) is 12.1 Å². The summed E-state index contributed by atoms with van der Waals surface area (Å²) in [5.74, 6) is -0.895. The van der Waals surface area contributed by atoms with Crippen molar-refractivity contribution < 1.29 is 9.90 Å². The van der Waals surface area contributed by atoms with Crippen molar-refractivity contribution in [1.82, 2.24) is 0 Å². The Morgan fingerprint density at radius 1 is 1.11 bits per heavy atom. The molecule has 1 N–H and O–H groups in total. The summed E-state index contributed by atoms with van der Waals surface area (Å²) in [5, 5.41) is 8.87. The molecule has 98 valence electrons. The SMILES string of the molecule is Cc1ccccc1CN(C)c1ccc(C(=O)O)cc1. The van der Waals surface area contributed by atoms with Gasteiger partial charge in [0, 0.05) is 19.3 Å². The Balaban J connectivity index is 2.14. The van der Waals surface area contributed by atoms with Gasteiger partial charge in [-0.25, -0.2) is 4.79 Å². The van der Waals surface area contributed by atoms with Crippen molar-refractivity contribution in [3.63, 3.8) is 0 Å². The normalized spacial score (nSPS) is 10.2. The third kappa shape index (κ3) is 3.13. The fraction of sp³-hybridized carbons (Fsp3) is 0.188. The molecule has 0 heterocycles. The summed E-state index contributed by atoms with van der Waals surface area (Å²) in [6, 6.07) is 15.2. The zero-order valence-electron chi connectivity index (χ0n) is 11.1. The maximum Gasteiger partial charge on any atom is 0.335 e. The molecule has 3 heteroatoms. The average molecular weight is 255 g/mol. The van der Waals surface area contributed by atoms with E-state index in [0.29, 0.717) is 5.56 Å². The second-order valence-electron chi connectivity index (χ2n) is 4.63. The Morgan fingerprint density at radius 2 is 1.74 bits per heavy atom. The number of aryl methyl sites for hydroxylation is 1. The number of benzene rings is 2. The lowest BCUT2D eigenvalue weighted by Gasteiger charge is -2.20. The average Bonchev–Trinajstić information content (AvgIpc) is 2.41. The fourth-order valence-corrected chi connectivity index (χ4v) is 1.99. The van der Waals surface area contributed by atoms with Crippen LogP contribution in [-0.2, 0) is 6.54 Å². The third-order valence-corrected chi connectivity index (χ3v) is 3.22. The Morgan fingerprint density at radius 3 is 2.32 bits per heavy atom. The smallest absolute Gasteiger partial charge is 0.335 e. The van der Waals surface area contributed by atoms with Crippen LogP contribution in [0.4, 0.5) is 5.69 Å². The van der Waals surface area contributed by atoms with Crippen LogP contribution in [0.5, 0.6) is 0 Å². The van der Waals surface area contributed by atoms with Crippen LogP contribution in [0.15, 0.2) is 48.5 Å². The molecule has 19 heavy (non-hydrogen) atoms. The molecule has 0 spiro atoms. The molecule has 0 radical (unpaired) electrons. The van der Waals surface area contributed by atoms with Crippen LogP contribution in [-0.4, -0.2) is 18.1 Å². The number of nitrogens with zero attached hydrogens (tertiary/aromatic N) is 1. The van der Waals surface area contributed by atoms with Gasteiger partial charge in [-0.05, 0) is 42.3 Å². The van der Waals surface area contributed by atoms with Gasteiger partial charge in [0.2, 0.25) is 0 Å². The van der Waals surface area contributed by atoms with Gasteiger partial charge in [-0.15, -0.1) is 0 Å². The van der Waals surface area contributed by atoms with Gasteiger partial charge in [0.25, 0.3) is 0 Å². The van der Waals surface area contributed by atoms with Crippen molar-refractivity contribution in [2.45, 2.75) is 13.5 Å². The zero-order chi connectivity index (χ0) is 13.8. The van der Waals surface area contributed by atoms with E-state index in [4.69, 9.17) is 5.11 Å². The van der Waals surface area contributed by atoms with Crippen molar-refractivity contribution in [2.75, 3.05) is 11.9 Å². The van der Waals surface area contributed by atoms with Crippen molar-refractivity contribution in [3.8, 4) is 0 Å². The van der Waals surface area contributed by atoms with Gasteiger partial charge in [-0.3, -0.25) is 0 Å². The number of carbonyl (C=O) groups is 1. The molecule has 2 aromatic carbocycles. The first kappa shape index (κ1) is 13.1. The first-order valence-corrected chi connectivity index (χ1v) is 6.17. The van der Waals surface area contributed by atoms with Crippen LogP contribution < -0.4 is 4.90 Å². The molecule has 0 aliphatic carbocycles. The molecule has 0 saturated carbocycles. The molecule has 0 unspecified atom stereocenters. The highest BCUT2D eigenvalue weighted by molar-refractivity contribution is 5.88. The van der Waals surface area contributed by atoms with Gasteiger partial charge in [-0.1, -0.05) is 24.3 Å². The quantitative estimate of drug-likeness (QED) is 0.911. The van der Waals surface area contributed by atoms with Gasteiger partial charge in [0.15, 0.2) is 0 Å². The molecule has 0 fully saturated rings. The maximum absolute atomic E-state index is 10.8. The summed E-state index contributed by atoms with van der Waals surface area (Å²) in [6.45, 7) is 2.90. The number of anilines is 1. The highest BCUT2D eigenvalue weighted by Crippen LogP contribution is 2.18. The lowest BCUT2D eigenvalue weighted by Crippen LogP contribution is -2.17. The topological polar surface area (TPSA) is 40.5 Å². The van der Waals surface area contributed by atoms with Gasteiger partial charge in [0.05, 0.1) is 5.56 Å². The number of hydrogen-bond donors (Lipinski definition) is 1. The summed E-state index contributed by atoms with van der Waals surface area (Å²) in [5.41, 5.74) is 3.85. The predicted molar refractivity (Wildman–Crippen MR) is 76.7 cm³/mol. The Kier molecular flexibility index (Phi) is 3.85. The minimum Gasteiger partial charge on any atom is -0.478 e. The molecule has 0 amide bonds. The summed E-state index contributed by atoms with van der Waals surface area (Å²) in [4.78, 5) is 12.9. The van der Waals surface area contributed by atoms with Crippen LogP contribution in [0.3, 0.4) is 0 Å². The number of hydrogen-bond acceptors (Lipinski definition) is 2. The van der Waals surface area contributed by atoms with Crippen LogP contribution in [0.2, 0.25) is 0 Å². The molecule has 0 aromatic heterocycles. The van der Waals surface area contributed by atoms with Crippen molar-refractivity contribution in [3.05, 3.63) is 65.2 Å². The first-order chi connectivity index (χ1) is 9.08. The van der Waals surface area contributed by atoms with Crippen LogP contribution in [0.1, 0.15) is 21.5 Å². The minimum absolute atomic E-state index is 0.313. The number of carboxylic acids is 1. The summed E-state index contributed by atoms with van der Waals surface area (Å²) in [7, 11) is 2.00. The number of rotatable bonds is 4. The Hall–Kier alpha value is -2.29. The molecule has 0 aliphatic heterocycles. The molecule has 0 bridgehead atoms. The van der Waals surface area contributed by atoms with Crippen LogP contribution in [0.25, 0.3) is 0 Å². The van der Waals surface area contributed by atoms with Gasteiger partial charge in [-0.2, -0.15) is 0 Å². The van der Waals surface area contributed by atoms with E-state index in [1.165, 1.54) is 11.1 Å². The zero-order valence-corrected chi connectivity index (χ0v) is 11.1. The molecular formula is C16H17NO2. The molecular weight excluding hydrogens is 238 g/mol. The standard InChI is InChI=1S/C16H17NO2/c1-12-5-3-4-6-14(12)11-17(2)15-9-7-13(8-10-15)16(18)19/h3-10H,11H2,1-2H3,(H,18,19). The second-order valence-corrected chi connectivity index (χ2v) is 4.63. The van der Waals surface area contributed by atoms with E-state index in [0.717, 1.165) is 12.2 Å². The van der Waals surface area contributed by atoms with Crippen molar-refractivity contribution >= 4 is 11.7 Å². The van der Waals surface area contributed by atoms with Crippen molar-refractivity contribution in [2.24, 2.45) is 0 Å². The van der Waals surface area contributed by atoms with E-state index < -0.39 is 5.97 Å². The Labute approximate surface area is 113 Å². The predicted octanol–water partition coefficient (Wildman–Crippen LogP) is 3.33. The van der Waals surface area contributed by atoms with Gasteiger partial charge in [0.1, 0.15) is 0 Å². The summed E-state index contributed by atoms with van der Waals surface area (Å²) >= 11 is 0. The van der Waals surface area contributed by atoms with Crippen LogP contribution in [0, 0.1) is 6.92 Å². The Bertz CT molecular complexity index is 576. The lowest BCUT2D eigenvalue weighted by atomic mass is 10.1. The largest absolute Gasteiger partial charge is 0.478 e. The first-order valence-electron chi connectivity index (χ1n) is 6.17. The molecule has 2 rings (SSSR count). The third-order valence-electron chi connectivity index (χ3n) is 3.22. The van der Waals surface area contributed by atoms with E-state index in [1.807, 2.05) is 31.3 Å². The van der Waals surface area contributed by atoms with Crippen molar-refractivity contribution in [1.29, 1.82) is 0 Å². The van der Waals surface area contributed by atoms with E-state index in [2.05, 4.69) is 24.0 Å². The van der Waals surface area contributed by atoms with E-state index in [-0.39, 0.29) is 0 Å². The molecule has 0 atom stereocenters. The molecule has 2 aromatic rings. The van der Waals surface area contributed by atoms with E-state index in [9.17, 15) is 4.79 Å². The molecule has 0 saturated heterocycles.